The molecule has 0 atom stereocenters. The van der Waals surface area contributed by atoms with Crippen molar-refractivity contribution in [1.29, 1.82) is 0 Å². The Bertz CT molecular complexity index is 412. The largest absolute Gasteiger partial charge is 0.399 e. The summed E-state index contributed by atoms with van der Waals surface area (Å²) in [6.45, 7) is 0.0657. The van der Waals surface area contributed by atoms with E-state index in [-0.39, 0.29) is 18.4 Å². The molecule has 0 bridgehead atoms. The van der Waals surface area contributed by atoms with E-state index in [9.17, 15) is 9.59 Å². The van der Waals surface area contributed by atoms with Gasteiger partial charge in [-0.15, -0.1) is 0 Å². The van der Waals surface area contributed by atoms with Gasteiger partial charge in [0.05, 0.1) is 6.54 Å². The molecule has 0 heterocycles. The average Bonchev–Trinajstić information content (AvgIpc) is 2.28. The van der Waals surface area contributed by atoms with Crippen LogP contribution in [0.5, 0.6) is 0 Å². The van der Waals surface area contributed by atoms with Gasteiger partial charge in [0, 0.05) is 32.4 Å². The van der Waals surface area contributed by atoms with Crippen molar-refractivity contribution in [2.24, 2.45) is 0 Å². The number of likely N-dealkylation sites (N-methyl/N-ethyl adjacent to an activating group) is 2. The fourth-order valence-electron chi connectivity index (χ4n) is 1.26. The van der Waals surface area contributed by atoms with Crippen LogP contribution in [0.25, 0.3) is 0 Å². The van der Waals surface area contributed by atoms with Gasteiger partial charge in [-0.25, -0.2) is 0 Å². The number of hydrogen-bond donors (Lipinski definition) is 1. The molecule has 17 heavy (non-hydrogen) atoms. The summed E-state index contributed by atoms with van der Waals surface area (Å²) in [5.41, 5.74) is 6.66. The number of nitrogens with two attached hydrogens (primary N) is 1. The van der Waals surface area contributed by atoms with E-state index in [4.69, 9.17) is 5.73 Å². The Kier molecular flexibility index (Phi) is 4.09. The average molecular weight is 235 g/mol. The summed E-state index contributed by atoms with van der Waals surface area (Å²) in [5.74, 6) is -0.309. The summed E-state index contributed by atoms with van der Waals surface area (Å²) in [6.07, 6.45) is 0. The lowest BCUT2D eigenvalue weighted by Crippen LogP contribution is -2.37. The van der Waals surface area contributed by atoms with Crippen LogP contribution < -0.4 is 5.73 Å². The molecule has 2 N–H and O–H groups in total. The normalized spacial score (nSPS) is 9.82. The van der Waals surface area contributed by atoms with Crippen molar-refractivity contribution < 1.29 is 9.59 Å². The number of amides is 2. The predicted octanol–water partition coefficient (Wildman–Crippen LogP) is 0.429. The second kappa shape index (κ2) is 5.34. The molecule has 0 unspecified atom stereocenters. The third-order valence-corrected chi connectivity index (χ3v) is 2.38. The molecule has 0 aliphatic rings. The summed E-state index contributed by atoms with van der Waals surface area (Å²) >= 11 is 0. The number of benzene rings is 1. The van der Waals surface area contributed by atoms with Crippen molar-refractivity contribution >= 4 is 17.5 Å². The van der Waals surface area contributed by atoms with Crippen LogP contribution in [0.1, 0.15) is 10.4 Å². The lowest BCUT2D eigenvalue weighted by molar-refractivity contribution is -0.129. The maximum atomic E-state index is 11.9. The third-order valence-electron chi connectivity index (χ3n) is 2.38. The lowest BCUT2D eigenvalue weighted by atomic mass is 10.2. The highest BCUT2D eigenvalue weighted by Crippen LogP contribution is 2.07. The molecule has 0 radical (unpaired) electrons. The summed E-state index contributed by atoms with van der Waals surface area (Å²) in [7, 11) is 4.91. The van der Waals surface area contributed by atoms with Crippen LogP contribution in [0.15, 0.2) is 24.3 Å². The lowest BCUT2D eigenvalue weighted by Gasteiger charge is -2.19. The van der Waals surface area contributed by atoms with E-state index in [1.165, 1.54) is 9.80 Å². The van der Waals surface area contributed by atoms with Crippen LogP contribution >= 0.6 is 0 Å². The maximum Gasteiger partial charge on any atom is 0.254 e. The standard InChI is InChI=1S/C12H17N3O2/c1-14(2)11(16)8-15(3)12(17)9-4-6-10(13)7-5-9/h4-7H,8,13H2,1-3H3. The van der Waals surface area contributed by atoms with Gasteiger partial charge in [0.2, 0.25) is 5.91 Å². The summed E-state index contributed by atoms with van der Waals surface area (Å²) in [5, 5.41) is 0. The molecular formula is C12H17N3O2. The number of nitrogen functional groups attached to an aromatic ring is 1. The minimum atomic E-state index is -0.194. The Hall–Kier alpha value is -2.04. The number of anilines is 1. The summed E-state index contributed by atoms with van der Waals surface area (Å²) in [4.78, 5) is 26.2. The number of hydrogen-bond acceptors (Lipinski definition) is 3. The first-order valence-corrected chi connectivity index (χ1v) is 5.23. The van der Waals surface area contributed by atoms with Crippen molar-refractivity contribution in [2.75, 3.05) is 33.4 Å². The number of carbonyl (C=O) groups excluding carboxylic acids is 2. The quantitative estimate of drug-likeness (QED) is 0.772. The molecule has 1 rings (SSSR count). The van der Waals surface area contributed by atoms with E-state index >= 15 is 0 Å². The molecule has 0 spiro atoms. The van der Waals surface area contributed by atoms with Crippen molar-refractivity contribution in [1.82, 2.24) is 9.80 Å². The van der Waals surface area contributed by atoms with E-state index in [0.29, 0.717) is 11.3 Å². The molecule has 0 saturated heterocycles. The highest BCUT2D eigenvalue weighted by molar-refractivity contribution is 5.96. The summed E-state index contributed by atoms with van der Waals surface area (Å²) < 4.78 is 0. The van der Waals surface area contributed by atoms with Crippen LogP contribution in [-0.2, 0) is 4.79 Å². The molecule has 92 valence electrons. The molecule has 0 aliphatic carbocycles. The van der Waals surface area contributed by atoms with E-state index in [1.807, 2.05) is 0 Å². The first-order valence-electron chi connectivity index (χ1n) is 5.23. The summed E-state index contributed by atoms with van der Waals surface area (Å²) in [6, 6.07) is 6.62. The van der Waals surface area contributed by atoms with E-state index < -0.39 is 0 Å². The highest BCUT2D eigenvalue weighted by Gasteiger charge is 2.15. The van der Waals surface area contributed by atoms with Crippen LogP contribution in [0, 0.1) is 0 Å². The van der Waals surface area contributed by atoms with Gasteiger partial charge in [-0.3, -0.25) is 9.59 Å². The van der Waals surface area contributed by atoms with E-state index in [1.54, 1.807) is 45.4 Å². The molecule has 0 aliphatic heterocycles. The second-order valence-electron chi connectivity index (χ2n) is 4.07. The molecule has 5 heteroatoms. The number of nitrogens with zero attached hydrogens (tertiary/aromatic N) is 2. The minimum absolute atomic E-state index is 0.0657. The van der Waals surface area contributed by atoms with Crippen LogP contribution in [0.2, 0.25) is 0 Å². The molecule has 0 fully saturated rings. The van der Waals surface area contributed by atoms with Crippen molar-refractivity contribution in [3.8, 4) is 0 Å². The number of carbonyl (C=O) groups is 2. The molecule has 1 aromatic rings. The van der Waals surface area contributed by atoms with Crippen molar-refractivity contribution in [3.63, 3.8) is 0 Å². The zero-order chi connectivity index (χ0) is 13.0. The highest BCUT2D eigenvalue weighted by atomic mass is 16.2. The third kappa shape index (κ3) is 3.48. The minimum Gasteiger partial charge on any atom is -0.399 e. The molecule has 0 saturated carbocycles. The van der Waals surface area contributed by atoms with Crippen LogP contribution in [0.3, 0.4) is 0 Å². The first kappa shape index (κ1) is 13.0. The van der Waals surface area contributed by atoms with Gasteiger partial charge in [-0.2, -0.15) is 0 Å². The smallest absolute Gasteiger partial charge is 0.254 e. The van der Waals surface area contributed by atoms with E-state index in [0.717, 1.165) is 0 Å². The Morgan fingerprint density at radius 2 is 1.65 bits per heavy atom. The zero-order valence-corrected chi connectivity index (χ0v) is 10.3. The molecule has 5 nitrogen and oxygen atoms in total. The molecule has 1 aromatic carbocycles. The predicted molar refractivity (Wildman–Crippen MR) is 66.5 cm³/mol. The maximum absolute atomic E-state index is 11.9. The molecule has 0 aromatic heterocycles. The Balaban J connectivity index is 2.70. The molecular weight excluding hydrogens is 218 g/mol. The van der Waals surface area contributed by atoms with Crippen LogP contribution in [-0.4, -0.2) is 49.3 Å². The topological polar surface area (TPSA) is 66.6 Å². The SMILES string of the molecule is CN(C)C(=O)CN(C)C(=O)c1ccc(N)cc1. The van der Waals surface area contributed by atoms with Gasteiger partial charge >= 0.3 is 0 Å². The van der Waals surface area contributed by atoms with Crippen molar-refractivity contribution in [3.05, 3.63) is 29.8 Å². The van der Waals surface area contributed by atoms with Gasteiger partial charge in [-0.05, 0) is 24.3 Å². The van der Waals surface area contributed by atoms with Gasteiger partial charge in [-0.1, -0.05) is 0 Å². The monoisotopic (exact) mass is 235 g/mol. The van der Waals surface area contributed by atoms with Crippen molar-refractivity contribution in [2.45, 2.75) is 0 Å². The number of rotatable bonds is 3. The Morgan fingerprint density at radius 3 is 2.12 bits per heavy atom. The van der Waals surface area contributed by atoms with Crippen LogP contribution in [0.4, 0.5) is 5.69 Å². The Labute approximate surface area is 101 Å². The first-order chi connectivity index (χ1) is 7.91. The van der Waals surface area contributed by atoms with E-state index in [2.05, 4.69) is 0 Å². The fraction of sp³-hybridized carbons (Fsp3) is 0.333. The second-order valence-corrected chi connectivity index (χ2v) is 4.07. The van der Waals surface area contributed by atoms with Gasteiger partial charge < -0.3 is 15.5 Å². The van der Waals surface area contributed by atoms with Gasteiger partial charge in [0.15, 0.2) is 0 Å². The van der Waals surface area contributed by atoms with Gasteiger partial charge in [0.25, 0.3) is 5.91 Å². The molecule has 2 amide bonds. The van der Waals surface area contributed by atoms with Gasteiger partial charge in [0.1, 0.15) is 0 Å². The zero-order valence-electron chi connectivity index (χ0n) is 10.3. The Morgan fingerprint density at radius 1 is 1.12 bits per heavy atom. The fourth-order valence-corrected chi connectivity index (χ4v) is 1.26.